The van der Waals surface area contributed by atoms with Crippen LogP contribution in [0.25, 0.3) is 0 Å². The number of amides is 1. The van der Waals surface area contributed by atoms with Crippen molar-refractivity contribution in [3.8, 4) is 0 Å². The minimum Gasteiger partial charge on any atom is -0.338 e. The van der Waals surface area contributed by atoms with Gasteiger partial charge in [0.1, 0.15) is 12.2 Å². The smallest absolute Gasteiger partial charge is 0.247 e. The fourth-order valence-corrected chi connectivity index (χ4v) is 4.41. The van der Waals surface area contributed by atoms with E-state index < -0.39 is 7.14 Å². The van der Waals surface area contributed by atoms with Crippen molar-refractivity contribution in [1.29, 1.82) is 0 Å². The molecule has 0 unspecified atom stereocenters. The lowest BCUT2D eigenvalue weighted by Gasteiger charge is -2.16. The summed E-state index contributed by atoms with van der Waals surface area (Å²) < 4.78 is 12.7. The second kappa shape index (κ2) is 9.55. The Morgan fingerprint density at radius 1 is 1.06 bits per heavy atom. The largest absolute Gasteiger partial charge is 0.338 e. The quantitative estimate of drug-likeness (QED) is 0.307. The molecule has 2 aromatic carbocycles. The highest BCUT2D eigenvalue weighted by atomic mass is 35.5. The van der Waals surface area contributed by atoms with Gasteiger partial charge in [-0.1, -0.05) is 36.4 Å². The summed E-state index contributed by atoms with van der Waals surface area (Å²) in [5.74, 6) is 0.411. The van der Waals surface area contributed by atoms with E-state index in [2.05, 4.69) is 32.5 Å². The summed E-state index contributed by atoms with van der Waals surface area (Å²) in [5.41, 5.74) is 3.94. The summed E-state index contributed by atoms with van der Waals surface area (Å²) >= 11 is 6.33. The van der Waals surface area contributed by atoms with Crippen LogP contribution in [0, 0.1) is 13.8 Å². The lowest BCUT2D eigenvalue weighted by atomic mass is 10.1. The molecule has 3 rings (SSSR count). The molecule has 0 aliphatic heterocycles. The minimum absolute atomic E-state index is 0.292. The average molecular weight is 470 g/mol. The van der Waals surface area contributed by atoms with Crippen LogP contribution in [-0.2, 0) is 9.36 Å². The lowest BCUT2D eigenvalue weighted by Crippen LogP contribution is -2.11. The van der Waals surface area contributed by atoms with E-state index >= 15 is 0 Å². The standard InChI is InChI=1S/C23H25ClN5O2P/c1-6-21(30)26-18-12-19(15(3)11-14(18)2)28-23-25-13-16(24)22(29-23)27-17-9-7-8-10-20(17)32(4,5)31/h6-13H,1H2,2-5H3,(H,26,30)(H2,25,27,28,29). The maximum Gasteiger partial charge on any atom is 0.247 e. The van der Waals surface area contributed by atoms with Crippen molar-refractivity contribution in [1.82, 2.24) is 9.97 Å². The minimum atomic E-state index is -2.51. The third-order valence-electron chi connectivity index (χ3n) is 4.74. The van der Waals surface area contributed by atoms with Crippen LogP contribution >= 0.6 is 18.7 Å². The van der Waals surface area contributed by atoms with Crippen LogP contribution in [0.3, 0.4) is 0 Å². The second-order valence-corrected chi connectivity index (χ2v) is 11.3. The number of nitrogens with zero attached hydrogens (tertiary/aromatic N) is 2. The van der Waals surface area contributed by atoms with Gasteiger partial charge in [-0.3, -0.25) is 4.79 Å². The van der Waals surface area contributed by atoms with E-state index in [9.17, 15) is 9.36 Å². The van der Waals surface area contributed by atoms with Gasteiger partial charge in [0, 0.05) is 16.7 Å². The van der Waals surface area contributed by atoms with Crippen molar-refractivity contribution in [2.75, 3.05) is 29.3 Å². The van der Waals surface area contributed by atoms with Crippen LogP contribution < -0.4 is 21.3 Å². The number of carbonyl (C=O) groups is 1. The Morgan fingerprint density at radius 3 is 2.44 bits per heavy atom. The first-order valence-electron chi connectivity index (χ1n) is 9.84. The Hall–Kier alpha value is -3.15. The molecule has 32 heavy (non-hydrogen) atoms. The first-order valence-corrected chi connectivity index (χ1v) is 12.8. The molecular formula is C23H25ClN5O2P. The van der Waals surface area contributed by atoms with Crippen molar-refractivity contribution in [3.05, 3.63) is 71.4 Å². The van der Waals surface area contributed by atoms with Crippen LogP contribution in [-0.4, -0.2) is 29.2 Å². The van der Waals surface area contributed by atoms with E-state index in [1.54, 1.807) is 13.3 Å². The van der Waals surface area contributed by atoms with Crippen LogP contribution in [0.15, 0.2) is 55.3 Å². The molecule has 7 nitrogen and oxygen atoms in total. The Labute approximate surface area is 192 Å². The molecule has 1 amide bonds. The highest BCUT2D eigenvalue weighted by Crippen LogP contribution is 2.38. The molecule has 9 heteroatoms. The predicted molar refractivity (Wildman–Crippen MR) is 134 cm³/mol. The number of anilines is 5. The summed E-state index contributed by atoms with van der Waals surface area (Å²) in [6.45, 7) is 10.8. The van der Waals surface area contributed by atoms with E-state index in [0.717, 1.165) is 16.8 Å². The molecule has 0 fully saturated rings. The molecule has 0 atom stereocenters. The molecule has 0 bridgehead atoms. The molecule has 1 aromatic heterocycles. The summed E-state index contributed by atoms with van der Waals surface area (Å²) in [6.07, 6.45) is 2.71. The molecule has 0 saturated heterocycles. The van der Waals surface area contributed by atoms with E-state index in [4.69, 9.17) is 11.6 Å². The molecule has 166 valence electrons. The zero-order chi connectivity index (χ0) is 23.5. The van der Waals surface area contributed by atoms with Crippen molar-refractivity contribution in [2.24, 2.45) is 0 Å². The van der Waals surface area contributed by atoms with Crippen molar-refractivity contribution >= 4 is 58.8 Å². The number of aromatic nitrogens is 2. The monoisotopic (exact) mass is 469 g/mol. The number of nitrogens with one attached hydrogen (secondary N) is 3. The van der Waals surface area contributed by atoms with Gasteiger partial charge < -0.3 is 20.5 Å². The van der Waals surface area contributed by atoms with Crippen LogP contribution in [0.2, 0.25) is 5.02 Å². The molecule has 0 aliphatic rings. The first-order chi connectivity index (χ1) is 15.1. The number of rotatable bonds is 7. The Balaban J connectivity index is 1.92. The van der Waals surface area contributed by atoms with Gasteiger partial charge in [0.25, 0.3) is 0 Å². The Morgan fingerprint density at radius 2 is 1.75 bits per heavy atom. The molecule has 0 radical (unpaired) electrons. The van der Waals surface area contributed by atoms with E-state index in [1.165, 1.54) is 12.3 Å². The summed E-state index contributed by atoms with van der Waals surface area (Å²) in [4.78, 5) is 20.5. The predicted octanol–water partition coefficient (Wildman–Crippen LogP) is 5.61. The SMILES string of the molecule is C=CC(=O)Nc1cc(Nc2ncc(Cl)c(Nc3ccccc3P(C)(C)=O)n2)c(C)cc1C. The lowest BCUT2D eigenvalue weighted by molar-refractivity contribution is -0.111. The number of aryl methyl sites for hydroxylation is 2. The number of carbonyl (C=O) groups excluding carboxylic acids is 1. The van der Waals surface area contributed by atoms with E-state index in [0.29, 0.717) is 33.5 Å². The fourth-order valence-electron chi connectivity index (χ4n) is 3.12. The second-order valence-electron chi connectivity index (χ2n) is 7.68. The van der Waals surface area contributed by atoms with Gasteiger partial charge in [-0.15, -0.1) is 0 Å². The molecular weight excluding hydrogens is 445 g/mol. The Kier molecular flexibility index (Phi) is 7.02. The highest BCUT2D eigenvalue weighted by molar-refractivity contribution is 7.70. The molecule has 0 aliphatic carbocycles. The zero-order valence-corrected chi connectivity index (χ0v) is 20.0. The van der Waals surface area contributed by atoms with Gasteiger partial charge in [0.05, 0.1) is 11.9 Å². The van der Waals surface area contributed by atoms with Gasteiger partial charge in [0.15, 0.2) is 5.82 Å². The molecule has 3 aromatic rings. The van der Waals surface area contributed by atoms with Gasteiger partial charge in [-0.2, -0.15) is 4.98 Å². The maximum absolute atomic E-state index is 12.7. The normalized spacial score (nSPS) is 11.0. The van der Waals surface area contributed by atoms with Crippen molar-refractivity contribution in [3.63, 3.8) is 0 Å². The van der Waals surface area contributed by atoms with Gasteiger partial charge in [-0.25, -0.2) is 4.98 Å². The Bertz CT molecular complexity index is 1240. The number of hydrogen-bond acceptors (Lipinski definition) is 6. The number of para-hydroxylation sites is 1. The first kappa shape index (κ1) is 23.5. The number of hydrogen-bond donors (Lipinski definition) is 3. The van der Waals surface area contributed by atoms with Gasteiger partial charge in [0.2, 0.25) is 11.9 Å². The molecule has 1 heterocycles. The summed E-state index contributed by atoms with van der Waals surface area (Å²) in [6, 6.07) is 11.1. The van der Waals surface area contributed by atoms with E-state index in [-0.39, 0.29) is 5.91 Å². The van der Waals surface area contributed by atoms with Crippen molar-refractivity contribution < 1.29 is 9.36 Å². The maximum atomic E-state index is 12.7. The summed E-state index contributed by atoms with van der Waals surface area (Å²) in [7, 11) is -2.51. The van der Waals surface area contributed by atoms with Crippen LogP contribution in [0.5, 0.6) is 0 Å². The van der Waals surface area contributed by atoms with Crippen LogP contribution in [0.1, 0.15) is 11.1 Å². The fraction of sp³-hybridized carbons (Fsp3) is 0.174. The number of halogens is 1. The van der Waals surface area contributed by atoms with Crippen molar-refractivity contribution in [2.45, 2.75) is 13.8 Å². The summed E-state index contributed by atoms with van der Waals surface area (Å²) in [5, 5.41) is 10.2. The molecule has 0 spiro atoms. The third-order valence-corrected chi connectivity index (χ3v) is 6.57. The zero-order valence-electron chi connectivity index (χ0n) is 18.4. The van der Waals surface area contributed by atoms with E-state index in [1.807, 2.05) is 50.2 Å². The average Bonchev–Trinajstić information content (AvgIpc) is 2.73. The van der Waals surface area contributed by atoms with Crippen LogP contribution in [0.4, 0.5) is 28.8 Å². The van der Waals surface area contributed by atoms with Gasteiger partial charge >= 0.3 is 0 Å². The number of benzene rings is 2. The molecule has 0 saturated carbocycles. The highest BCUT2D eigenvalue weighted by Gasteiger charge is 2.17. The topological polar surface area (TPSA) is 96.0 Å². The van der Waals surface area contributed by atoms with Gasteiger partial charge in [-0.05, 0) is 62.6 Å². The molecule has 3 N–H and O–H groups in total. The third kappa shape index (κ3) is 5.55.